The van der Waals surface area contributed by atoms with Crippen LogP contribution in [0.2, 0.25) is 0 Å². The van der Waals surface area contributed by atoms with Crippen LogP contribution in [0, 0.1) is 0 Å². The van der Waals surface area contributed by atoms with Crippen molar-refractivity contribution in [3.63, 3.8) is 0 Å². The van der Waals surface area contributed by atoms with Crippen LogP contribution >= 0.6 is 0 Å². The van der Waals surface area contributed by atoms with E-state index in [0.29, 0.717) is 30.9 Å². The van der Waals surface area contributed by atoms with Gasteiger partial charge in [-0.25, -0.2) is 13.6 Å². The molecule has 8 nitrogen and oxygen atoms in total. The predicted octanol–water partition coefficient (Wildman–Crippen LogP) is 3.70. The normalized spacial score (nSPS) is 13.4. The van der Waals surface area contributed by atoms with Gasteiger partial charge >= 0.3 is 0 Å². The summed E-state index contributed by atoms with van der Waals surface area (Å²) in [4.78, 5) is -0.0691. The number of unbranched alkanes of at least 4 members (excludes halogenated alkanes) is 1. The fourth-order valence-electron chi connectivity index (χ4n) is 2.78. The van der Waals surface area contributed by atoms with Gasteiger partial charge in [-0.1, -0.05) is 31.5 Å². The minimum atomic E-state index is -4.01. The van der Waals surface area contributed by atoms with Gasteiger partial charge in [0.05, 0.1) is 11.4 Å². The molecule has 2 aromatic rings. The Balaban J connectivity index is 2.04. The van der Waals surface area contributed by atoms with E-state index in [2.05, 4.69) is 27.7 Å². The molecule has 0 fully saturated rings. The van der Waals surface area contributed by atoms with Crippen molar-refractivity contribution in [2.45, 2.75) is 31.1 Å². The van der Waals surface area contributed by atoms with E-state index in [9.17, 15) is 8.42 Å². The molecule has 0 atom stereocenters. The highest BCUT2D eigenvalue weighted by molar-refractivity contribution is 7.89. The van der Waals surface area contributed by atoms with Crippen LogP contribution in [0.3, 0.4) is 0 Å². The standard InChI is InChI=1S/C19H23N5O3S/c1-2-3-9-21-17-11-14(10-15-13-22-24-23-15)12-18(28(20,25)26)19(17)27-16-7-5-4-6-8-16/h4-8,11-12,21H,2-3,9-10,13H2,1H3,(H2,20,25,26). The van der Waals surface area contributed by atoms with Gasteiger partial charge in [0, 0.05) is 13.0 Å². The van der Waals surface area contributed by atoms with Crippen LogP contribution in [0.25, 0.3) is 0 Å². The summed E-state index contributed by atoms with van der Waals surface area (Å²) in [6.07, 6.45) is 2.37. The topological polar surface area (TPSA) is 118 Å². The molecule has 1 aliphatic heterocycles. The van der Waals surface area contributed by atoms with E-state index in [4.69, 9.17) is 9.88 Å². The van der Waals surface area contributed by atoms with Crippen LogP contribution in [0.1, 0.15) is 25.3 Å². The highest BCUT2D eigenvalue weighted by atomic mass is 32.2. The molecule has 0 unspecified atom stereocenters. The average molecular weight is 401 g/mol. The molecule has 0 saturated carbocycles. The summed E-state index contributed by atoms with van der Waals surface area (Å²) in [6.45, 7) is 3.17. The number of ether oxygens (including phenoxy) is 1. The van der Waals surface area contributed by atoms with Gasteiger partial charge in [-0.05, 0) is 41.5 Å². The Labute approximate surface area is 164 Å². The SMILES string of the molecule is CCCCNc1cc(CC2=NN=NC2)cc(S(N)(=O)=O)c1Oc1ccccc1. The first kappa shape index (κ1) is 20.0. The van der Waals surface area contributed by atoms with Crippen molar-refractivity contribution in [3.05, 3.63) is 48.0 Å². The Hall–Kier alpha value is -2.78. The summed E-state index contributed by atoms with van der Waals surface area (Å²) < 4.78 is 30.6. The molecule has 0 spiro atoms. The number of hydrogen-bond donors (Lipinski definition) is 2. The average Bonchev–Trinajstić information content (AvgIpc) is 3.16. The van der Waals surface area contributed by atoms with E-state index in [1.807, 2.05) is 24.3 Å². The molecule has 148 valence electrons. The fraction of sp³-hybridized carbons (Fsp3) is 0.316. The lowest BCUT2D eigenvalue weighted by Crippen LogP contribution is -2.16. The van der Waals surface area contributed by atoms with Gasteiger partial charge in [0.1, 0.15) is 17.2 Å². The Morgan fingerprint density at radius 1 is 1.21 bits per heavy atom. The van der Waals surface area contributed by atoms with Gasteiger partial charge in [0.15, 0.2) is 5.75 Å². The molecule has 0 bridgehead atoms. The first-order valence-corrected chi connectivity index (χ1v) is 10.6. The summed E-state index contributed by atoms with van der Waals surface area (Å²) in [6, 6.07) is 12.4. The first-order chi connectivity index (χ1) is 13.5. The van der Waals surface area contributed by atoms with E-state index >= 15 is 0 Å². The number of sulfonamides is 1. The molecule has 0 saturated heterocycles. The van der Waals surface area contributed by atoms with Crippen molar-refractivity contribution in [1.29, 1.82) is 0 Å². The van der Waals surface area contributed by atoms with Crippen molar-refractivity contribution in [2.75, 3.05) is 18.4 Å². The molecule has 9 heteroatoms. The van der Waals surface area contributed by atoms with Crippen molar-refractivity contribution in [3.8, 4) is 11.5 Å². The maximum atomic E-state index is 12.3. The van der Waals surface area contributed by atoms with Gasteiger partial charge in [-0.15, -0.1) is 5.10 Å². The Bertz CT molecular complexity index is 988. The lowest BCUT2D eigenvalue weighted by atomic mass is 10.1. The zero-order valence-electron chi connectivity index (χ0n) is 15.6. The third-order valence-electron chi connectivity index (χ3n) is 4.14. The van der Waals surface area contributed by atoms with Crippen molar-refractivity contribution in [2.24, 2.45) is 20.6 Å². The number of hydrogen-bond acceptors (Lipinski definition) is 7. The van der Waals surface area contributed by atoms with Gasteiger partial charge in [0.2, 0.25) is 10.0 Å². The van der Waals surface area contributed by atoms with E-state index in [-0.39, 0.29) is 10.6 Å². The van der Waals surface area contributed by atoms with Crippen molar-refractivity contribution >= 4 is 21.4 Å². The first-order valence-electron chi connectivity index (χ1n) is 9.06. The lowest BCUT2D eigenvalue weighted by Gasteiger charge is -2.18. The van der Waals surface area contributed by atoms with E-state index in [0.717, 1.165) is 24.1 Å². The number of nitrogens with two attached hydrogens (primary N) is 1. The monoisotopic (exact) mass is 401 g/mol. The highest BCUT2D eigenvalue weighted by Gasteiger charge is 2.22. The van der Waals surface area contributed by atoms with Crippen LogP contribution in [0.5, 0.6) is 11.5 Å². The number of nitrogens with zero attached hydrogens (tertiary/aromatic N) is 3. The summed E-state index contributed by atoms with van der Waals surface area (Å²) >= 11 is 0. The molecule has 1 aliphatic rings. The zero-order chi connectivity index (χ0) is 20.0. The number of benzene rings is 2. The minimum Gasteiger partial charge on any atom is -0.454 e. The van der Waals surface area contributed by atoms with Crippen molar-refractivity contribution < 1.29 is 13.2 Å². The maximum Gasteiger partial charge on any atom is 0.241 e. The van der Waals surface area contributed by atoms with Gasteiger partial charge in [-0.2, -0.15) is 5.11 Å². The number of anilines is 1. The summed E-state index contributed by atoms with van der Waals surface area (Å²) in [5.41, 5.74) is 2.08. The van der Waals surface area contributed by atoms with Crippen LogP contribution in [-0.2, 0) is 16.4 Å². The fourth-order valence-corrected chi connectivity index (χ4v) is 3.51. The third-order valence-corrected chi connectivity index (χ3v) is 5.06. The van der Waals surface area contributed by atoms with Gasteiger partial charge < -0.3 is 10.1 Å². The van der Waals surface area contributed by atoms with E-state index in [1.54, 1.807) is 12.1 Å². The Kier molecular flexibility index (Phi) is 6.37. The molecular formula is C19H23N5O3S. The Morgan fingerprint density at radius 2 is 2.00 bits per heavy atom. The second-order valence-electron chi connectivity index (χ2n) is 6.44. The van der Waals surface area contributed by atoms with Crippen LogP contribution < -0.4 is 15.2 Å². The lowest BCUT2D eigenvalue weighted by molar-refractivity contribution is 0.469. The molecule has 2 aromatic carbocycles. The van der Waals surface area contributed by atoms with Crippen LogP contribution in [-0.4, -0.2) is 27.2 Å². The zero-order valence-corrected chi connectivity index (χ0v) is 16.4. The smallest absolute Gasteiger partial charge is 0.241 e. The van der Waals surface area contributed by atoms with Crippen LogP contribution in [0.15, 0.2) is 62.8 Å². The second-order valence-corrected chi connectivity index (χ2v) is 7.97. The summed E-state index contributed by atoms with van der Waals surface area (Å²) in [7, 11) is -4.01. The van der Waals surface area contributed by atoms with E-state index in [1.165, 1.54) is 6.07 Å². The summed E-state index contributed by atoms with van der Waals surface area (Å²) in [5.74, 6) is 0.716. The van der Waals surface area contributed by atoms with Gasteiger partial charge in [0.25, 0.3) is 0 Å². The molecule has 0 aromatic heterocycles. The molecule has 28 heavy (non-hydrogen) atoms. The number of rotatable bonds is 9. The molecular weight excluding hydrogens is 378 g/mol. The molecule has 0 amide bonds. The largest absolute Gasteiger partial charge is 0.454 e. The number of primary sulfonamides is 1. The van der Waals surface area contributed by atoms with Gasteiger partial charge in [-0.3, -0.25) is 0 Å². The number of nitrogens with one attached hydrogen (secondary N) is 1. The quantitative estimate of drug-likeness (QED) is 0.623. The van der Waals surface area contributed by atoms with Crippen LogP contribution in [0.4, 0.5) is 5.69 Å². The molecule has 1 heterocycles. The molecule has 0 aliphatic carbocycles. The second kappa shape index (κ2) is 8.94. The predicted molar refractivity (Wildman–Crippen MR) is 109 cm³/mol. The summed E-state index contributed by atoms with van der Waals surface area (Å²) in [5, 5.41) is 20.2. The minimum absolute atomic E-state index is 0.0691. The number of para-hydroxylation sites is 1. The highest BCUT2D eigenvalue weighted by Crippen LogP contribution is 2.37. The Morgan fingerprint density at radius 3 is 2.64 bits per heavy atom. The van der Waals surface area contributed by atoms with Crippen molar-refractivity contribution in [1.82, 2.24) is 0 Å². The third kappa shape index (κ3) is 5.14. The molecule has 3 rings (SSSR count). The molecule has 0 radical (unpaired) electrons. The molecule has 3 N–H and O–H groups in total. The van der Waals surface area contributed by atoms with E-state index < -0.39 is 10.0 Å². The maximum absolute atomic E-state index is 12.3.